The van der Waals surface area contributed by atoms with E-state index in [0.717, 1.165) is 11.6 Å². The second-order valence-corrected chi connectivity index (χ2v) is 5.24. The average molecular weight is 327 g/mol. The van der Waals surface area contributed by atoms with Gasteiger partial charge in [0, 0.05) is 12.5 Å². The third-order valence-electron chi connectivity index (χ3n) is 3.31. The summed E-state index contributed by atoms with van der Waals surface area (Å²) < 4.78 is 23.5. The zero-order valence-electron chi connectivity index (χ0n) is 12.8. The second kappa shape index (κ2) is 6.54. The minimum Gasteiger partial charge on any atom is -0.504 e. The summed E-state index contributed by atoms with van der Waals surface area (Å²) in [5.41, 5.74) is 0.868. The van der Waals surface area contributed by atoms with Gasteiger partial charge in [-0.05, 0) is 36.8 Å². The molecule has 5 nitrogen and oxygen atoms in total. The first-order chi connectivity index (χ1) is 11.5. The molecule has 3 rings (SSSR count). The quantitative estimate of drug-likeness (QED) is 0.434. The highest BCUT2D eigenvalue weighted by molar-refractivity contribution is 6.04. The van der Waals surface area contributed by atoms with Crippen LogP contribution in [0.2, 0.25) is 0 Å². The molecule has 0 saturated heterocycles. The lowest BCUT2D eigenvalue weighted by atomic mass is 10.1. The Bertz CT molecular complexity index is 890. The summed E-state index contributed by atoms with van der Waals surface area (Å²) in [4.78, 5) is 15.7. The molecule has 0 aliphatic heterocycles. The van der Waals surface area contributed by atoms with Gasteiger partial charge in [0.15, 0.2) is 11.5 Å². The van der Waals surface area contributed by atoms with Crippen molar-refractivity contribution in [2.75, 3.05) is 0 Å². The first-order valence-corrected chi connectivity index (χ1v) is 7.22. The summed E-state index contributed by atoms with van der Waals surface area (Å²) in [5.74, 6) is -0.0410. The zero-order valence-corrected chi connectivity index (χ0v) is 12.8. The number of oxazole rings is 1. The summed E-state index contributed by atoms with van der Waals surface area (Å²) in [6.07, 6.45) is 2.86. The van der Waals surface area contributed by atoms with Gasteiger partial charge in [0.25, 0.3) is 5.89 Å². The highest BCUT2D eigenvalue weighted by Crippen LogP contribution is 2.19. The number of furan rings is 1. The maximum absolute atomic E-state index is 12.9. The van der Waals surface area contributed by atoms with Gasteiger partial charge < -0.3 is 13.9 Å². The fourth-order valence-corrected chi connectivity index (χ4v) is 2.14. The van der Waals surface area contributed by atoms with Gasteiger partial charge >= 0.3 is 0 Å². The number of carbonyl (C=O) groups excluding carboxylic acids is 1. The van der Waals surface area contributed by atoms with Crippen molar-refractivity contribution in [3.05, 3.63) is 83.2 Å². The summed E-state index contributed by atoms with van der Waals surface area (Å²) in [6.45, 7) is 1.67. The van der Waals surface area contributed by atoms with Gasteiger partial charge in [-0.2, -0.15) is 0 Å². The summed E-state index contributed by atoms with van der Waals surface area (Å²) in [7, 11) is 0. The Balaban J connectivity index is 1.73. The Kier molecular flexibility index (Phi) is 4.29. The molecule has 122 valence electrons. The Morgan fingerprint density at radius 2 is 1.96 bits per heavy atom. The molecule has 1 N–H and O–H groups in total. The minimum atomic E-state index is -0.558. The number of aliphatic hydroxyl groups excluding tert-OH is 1. The van der Waals surface area contributed by atoms with E-state index in [2.05, 4.69) is 4.98 Å². The van der Waals surface area contributed by atoms with Crippen LogP contribution in [-0.4, -0.2) is 15.9 Å². The van der Waals surface area contributed by atoms with Crippen LogP contribution in [0.4, 0.5) is 4.39 Å². The molecule has 3 aromatic rings. The molecule has 0 atom stereocenters. The molecule has 0 aliphatic carbocycles. The maximum Gasteiger partial charge on any atom is 0.267 e. The molecular formula is C18H14FNO4. The van der Waals surface area contributed by atoms with Gasteiger partial charge in [0.2, 0.25) is 5.78 Å². The van der Waals surface area contributed by atoms with E-state index in [1.165, 1.54) is 18.3 Å². The molecule has 0 aliphatic rings. The van der Waals surface area contributed by atoms with E-state index in [1.54, 1.807) is 31.2 Å². The first-order valence-electron chi connectivity index (χ1n) is 7.22. The van der Waals surface area contributed by atoms with E-state index in [9.17, 15) is 14.3 Å². The normalized spacial score (nSPS) is 11.7. The van der Waals surface area contributed by atoms with Crippen molar-refractivity contribution in [3.63, 3.8) is 0 Å². The van der Waals surface area contributed by atoms with Crippen LogP contribution in [-0.2, 0) is 6.42 Å². The van der Waals surface area contributed by atoms with E-state index in [-0.39, 0.29) is 23.2 Å². The second-order valence-electron chi connectivity index (χ2n) is 5.24. The topological polar surface area (TPSA) is 76.5 Å². The Morgan fingerprint density at radius 3 is 2.62 bits per heavy atom. The number of benzene rings is 1. The van der Waals surface area contributed by atoms with Crippen molar-refractivity contribution in [1.82, 2.24) is 4.98 Å². The smallest absolute Gasteiger partial charge is 0.267 e. The van der Waals surface area contributed by atoms with Gasteiger partial charge in [0.05, 0.1) is 6.20 Å². The van der Waals surface area contributed by atoms with E-state index in [1.807, 2.05) is 0 Å². The molecule has 0 radical (unpaired) electrons. The molecule has 0 unspecified atom stereocenters. The van der Waals surface area contributed by atoms with Crippen LogP contribution < -0.4 is 0 Å². The van der Waals surface area contributed by atoms with Crippen molar-refractivity contribution in [2.45, 2.75) is 13.3 Å². The van der Waals surface area contributed by atoms with E-state index < -0.39 is 5.78 Å². The van der Waals surface area contributed by atoms with Crippen molar-refractivity contribution < 1.29 is 23.1 Å². The number of aliphatic hydroxyl groups is 1. The predicted octanol–water partition coefficient (Wildman–Crippen LogP) is 4.09. The third kappa shape index (κ3) is 3.60. The van der Waals surface area contributed by atoms with E-state index in [4.69, 9.17) is 8.83 Å². The molecule has 6 heteroatoms. The number of hydrogen-bond acceptors (Lipinski definition) is 5. The molecule has 0 spiro atoms. The van der Waals surface area contributed by atoms with Gasteiger partial charge in [0.1, 0.15) is 17.3 Å². The monoisotopic (exact) mass is 327 g/mol. The van der Waals surface area contributed by atoms with Crippen LogP contribution in [0, 0.1) is 12.7 Å². The van der Waals surface area contributed by atoms with Gasteiger partial charge in [-0.3, -0.25) is 4.79 Å². The number of aryl methyl sites for hydroxylation is 1. The number of halogens is 1. The third-order valence-corrected chi connectivity index (χ3v) is 3.31. The fraction of sp³-hybridized carbons (Fsp3) is 0.111. The van der Waals surface area contributed by atoms with E-state index >= 15 is 0 Å². The average Bonchev–Trinajstić information content (AvgIpc) is 3.19. The molecule has 0 fully saturated rings. The van der Waals surface area contributed by atoms with Crippen molar-refractivity contribution in [1.29, 1.82) is 0 Å². The number of allylic oxidation sites excluding steroid dienone is 1. The fourth-order valence-electron chi connectivity index (χ4n) is 2.14. The summed E-state index contributed by atoms with van der Waals surface area (Å²) in [6, 6.07) is 9.28. The Morgan fingerprint density at radius 1 is 1.21 bits per heavy atom. The van der Waals surface area contributed by atoms with Gasteiger partial charge in [-0.25, -0.2) is 9.37 Å². The summed E-state index contributed by atoms with van der Waals surface area (Å²) >= 11 is 0. The van der Waals surface area contributed by atoms with Crippen LogP contribution in [0.25, 0.3) is 5.76 Å². The lowest BCUT2D eigenvalue weighted by Crippen LogP contribution is -1.96. The molecule has 0 saturated carbocycles. The molecule has 0 bridgehead atoms. The van der Waals surface area contributed by atoms with Crippen LogP contribution in [0.1, 0.15) is 33.5 Å². The Labute approximate surface area is 137 Å². The van der Waals surface area contributed by atoms with Crippen molar-refractivity contribution in [3.8, 4) is 0 Å². The zero-order chi connectivity index (χ0) is 17.1. The van der Waals surface area contributed by atoms with Crippen LogP contribution in [0.15, 0.2) is 57.5 Å². The minimum absolute atomic E-state index is 0.0999. The Hall–Kier alpha value is -3.15. The maximum atomic E-state index is 12.9. The molecule has 24 heavy (non-hydrogen) atoms. The molecule has 2 heterocycles. The SMILES string of the molecule is Cc1cnc(C(=O)C=C(O)c2ccc(Cc3ccc(F)cc3)o2)o1. The molecule has 1 aromatic carbocycles. The number of nitrogens with zero attached hydrogens (tertiary/aromatic N) is 1. The van der Waals surface area contributed by atoms with E-state index in [0.29, 0.717) is 17.9 Å². The lowest BCUT2D eigenvalue weighted by Gasteiger charge is -1.99. The predicted molar refractivity (Wildman–Crippen MR) is 84.1 cm³/mol. The van der Waals surface area contributed by atoms with Crippen molar-refractivity contribution >= 4 is 11.5 Å². The summed E-state index contributed by atoms with van der Waals surface area (Å²) in [5, 5.41) is 10.0. The number of aromatic nitrogens is 1. The number of hydrogen-bond donors (Lipinski definition) is 1. The number of ketones is 1. The van der Waals surface area contributed by atoms with Gasteiger partial charge in [-0.15, -0.1) is 0 Å². The van der Waals surface area contributed by atoms with Crippen molar-refractivity contribution in [2.24, 2.45) is 0 Å². The number of rotatable bonds is 5. The first kappa shape index (κ1) is 15.7. The highest BCUT2D eigenvalue weighted by atomic mass is 19.1. The molecular weight excluding hydrogens is 313 g/mol. The number of carbonyl (C=O) groups is 1. The van der Waals surface area contributed by atoms with Crippen LogP contribution >= 0.6 is 0 Å². The van der Waals surface area contributed by atoms with Crippen LogP contribution in [0.5, 0.6) is 0 Å². The highest BCUT2D eigenvalue weighted by Gasteiger charge is 2.14. The largest absolute Gasteiger partial charge is 0.504 e. The lowest BCUT2D eigenvalue weighted by molar-refractivity contribution is 0.101. The molecule has 0 amide bonds. The molecule has 2 aromatic heterocycles. The van der Waals surface area contributed by atoms with Crippen LogP contribution in [0.3, 0.4) is 0 Å². The van der Waals surface area contributed by atoms with Gasteiger partial charge in [-0.1, -0.05) is 12.1 Å². The standard InChI is InChI=1S/C18H14FNO4/c1-11-10-20-18(23-11)16(22)9-15(21)17-7-6-14(24-17)8-12-2-4-13(19)5-3-12/h2-7,9-10,21H,8H2,1H3.